The summed E-state index contributed by atoms with van der Waals surface area (Å²) in [5, 5.41) is 0. The highest BCUT2D eigenvalue weighted by molar-refractivity contribution is 5.91. The lowest BCUT2D eigenvalue weighted by atomic mass is 10.1. The Labute approximate surface area is 102 Å². The van der Waals surface area contributed by atoms with E-state index in [0.717, 1.165) is 12.1 Å². The van der Waals surface area contributed by atoms with Crippen molar-refractivity contribution in [2.75, 3.05) is 4.90 Å². The molecule has 3 heteroatoms. The Hall–Kier alpha value is -1.51. The summed E-state index contributed by atoms with van der Waals surface area (Å²) in [6.45, 7) is 7.70. The van der Waals surface area contributed by atoms with Gasteiger partial charge in [0.15, 0.2) is 0 Å². The molecule has 1 atom stereocenters. The third kappa shape index (κ3) is 2.43. The first-order chi connectivity index (χ1) is 7.88. The highest BCUT2D eigenvalue weighted by Gasteiger charge is 2.33. The molecule has 0 bridgehead atoms. The van der Waals surface area contributed by atoms with Gasteiger partial charge in [0.25, 0.3) is 0 Å². The Morgan fingerprint density at radius 3 is 2.65 bits per heavy atom. The van der Waals surface area contributed by atoms with Gasteiger partial charge >= 0.3 is 6.09 Å². The summed E-state index contributed by atoms with van der Waals surface area (Å²) in [4.78, 5) is 13.9. The zero-order valence-electron chi connectivity index (χ0n) is 10.9. The average molecular weight is 233 g/mol. The number of rotatable bonds is 0. The van der Waals surface area contributed by atoms with Crippen LogP contribution in [-0.2, 0) is 11.2 Å². The van der Waals surface area contributed by atoms with Crippen LogP contribution in [0.2, 0.25) is 0 Å². The Bertz CT molecular complexity index is 434. The molecule has 3 nitrogen and oxygen atoms in total. The molecule has 0 saturated heterocycles. The molecule has 0 spiro atoms. The van der Waals surface area contributed by atoms with Crippen LogP contribution < -0.4 is 4.90 Å². The number of amides is 1. The third-order valence-electron chi connectivity index (χ3n) is 2.80. The molecule has 0 saturated carbocycles. The molecular formula is C14H19NO2. The number of hydrogen-bond donors (Lipinski definition) is 0. The van der Waals surface area contributed by atoms with Crippen LogP contribution in [-0.4, -0.2) is 17.7 Å². The van der Waals surface area contributed by atoms with E-state index < -0.39 is 5.60 Å². The quantitative estimate of drug-likeness (QED) is 0.687. The molecule has 0 aliphatic carbocycles. The van der Waals surface area contributed by atoms with Crippen LogP contribution in [0.25, 0.3) is 0 Å². The lowest BCUT2D eigenvalue weighted by Crippen LogP contribution is -2.40. The second-order valence-electron chi connectivity index (χ2n) is 5.53. The average Bonchev–Trinajstić information content (AvgIpc) is 2.50. The second-order valence-corrected chi connectivity index (χ2v) is 5.53. The number of anilines is 1. The van der Waals surface area contributed by atoms with Gasteiger partial charge < -0.3 is 4.74 Å². The van der Waals surface area contributed by atoms with Crippen LogP contribution in [0.5, 0.6) is 0 Å². The highest BCUT2D eigenvalue weighted by Crippen LogP contribution is 2.32. The van der Waals surface area contributed by atoms with E-state index in [1.807, 2.05) is 45.9 Å². The number of para-hydroxylation sites is 1. The fourth-order valence-corrected chi connectivity index (χ4v) is 2.15. The van der Waals surface area contributed by atoms with E-state index in [-0.39, 0.29) is 12.1 Å². The first kappa shape index (κ1) is 12.0. The van der Waals surface area contributed by atoms with Crippen molar-refractivity contribution in [2.24, 2.45) is 0 Å². The van der Waals surface area contributed by atoms with Gasteiger partial charge in [0.1, 0.15) is 5.60 Å². The SMILES string of the molecule is C[C@H]1Cc2ccccc2N1C(=O)OC(C)(C)C. The van der Waals surface area contributed by atoms with Crippen molar-refractivity contribution in [3.8, 4) is 0 Å². The Morgan fingerprint density at radius 1 is 1.35 bits per heavy atom. The maximum atomic E-state index is 12.1. The maximum absolute atomic E-state index is 12.1. The van der Waals surface area contributed by atoms with Crippen molar-refractivity contribution in [3.05, 3.63) is 29.8 Å². The highest BCUT2D eigenvalue weighted by atomic mass is 16.6. The normalized spacial score (nSPS) is 19.1. The van der Waals surface area contributed by atoms with Crippen molar-refractivity contribution < 1.29 is 9.53 Å². The molecular weight excluding hydrogens is 214 g/mol. The van der Waals surface area contributed by atoms with E-state index in [0.29, 0.717) is 0 Å². The number of carbonyl (C=O) groups excluding carboxylic acids is 1. The Balaban J connectivity index is 2.25. The molecule has 0 radical (unpaired) electrons. The third-order valence-corrected chi connectivity index (χ3v) is 2.80. The van der Waals surface area contributed by atoms with Gasteiger partial charge in [-0.3, -0.25) is 4.90 Å². The van der Waals surface area contributed by atoms with Gasteiger partial charge in [0, 0.05) is 6.04 Å². The number of ether oxygens (including phenoxy) is 1. The summed E-state index contributed by atoms with van der Waals surface area (Å²) < 4.78 is 5.44. The lowest BCUT2D eigenvalue weighted by Gasteiger charge is -2.27. The van der Waals surface area contributed by atoms with Crippen LogP contribution >= 0.6 is 0 Å². The van der Waals surface area contributed by atoms with Gasteiger partial charge in [-0.05, 0) is 45.7 Å². The van der Waals surface area contributed by atoms with Crippen LogP contribution in [0.15, 0.2) is 24.3 Å². The van der Waals surface area contributed by atoms with Crippen molar-refractivity contribution in [1.29, 1.82) is 0 Å². The van der Waals surface area contributed by atoms with Gasteiger partial charge in [-0.1, -0.05) is 18.2 Å². The molecule has 1 amide bonds. The Morgan fingerprint density at radius 2 is 2.00 bits per heavy atom. The van der Waals surface area contributed by atoms with Crippen molar-refractivity contribution in [3.63, 3.8) is 0 Å². The number of carbonyl (C=O) groups is 1. The molecule has 1 aliphatic rings. The van der Waals surface area contributed by atoms with E-state index >= 15 is 0 Å². The molecule has 17 heavy (non-hydrogen) atoms. The summed E-state index contributed by atoms with van der Waals surface area (Å²) in [5.41, 5.74) is 1.74. The zero-order chi connectivity index (χ0) is 12.6. The fourth-order valence-electron chi connectivity index (χ4n) is 2.15. The summed E-state index contributed by atoms with van der Waals surface area (Å²) in [6, 6.07) is 8.17. The molecule has 1 heterocycles. The van der Waals surface area contributed by atoms with E-state index in [2.05, 4.69) is 6.07 Å². The van der Waals surface area contributed by atoms with Gasteiger partial charge in [0.2, 0.25) is 0 Å². The summed E-state index contributed by atoms with van der Waals surface area (Å²) in [7, 11) is 0. The minimum Gasteiger partial charge on any atom is -0.443 e. The number of nitrogens with zero attached hydrogens (tertiary/aromatic N) is 1. The van der Waals surface area contributed by atoms with Crippen LogP contribution in [0.4, 0.5) is 10.5 Å². The maximum Gasteiger partial charge on any atom is 0.415 e. The van der Waals surface area contributed by atoms with Gasteiger partial charge in [-0.2, -0.15) is 0 Å². The standard InChI is InChI=1S/C14H19NO2/c1-10-9-11-7-5-6-8-12(11)15(10)13(16)17-14(2,3)4/h5-8,10H,9H2,1-4H3/t10-/m0/s1. The second kappa shape index (κ2) is 4.06. The summed E-state index contributed by atoms with van der Waals surface area (Å²) in [5.74, 6) is 0. The summed E-state index contributed by atoms with van der Waals surface area (Å²) in [6.07, 6.45) is 0.644. The zero-order valence-corrected chi connectivity index (χ0v) is 10.9. The van der Waals surface area contributed by atoms with E-state index in [4.69, 9.17) is 4.74 Å². The van der Waals surface area contributed by atoms with Crippen molar-refractivity contribution >= 4 is 11.8 Å². The minimum atomic E-state index is -0.450. The predicted molar refractivity (Wildman–Crippen MR) is 68.3 cm³/mol. The first-order valence-corrected chi connectivity index (χ1v) is 5.98. The minimum absolute atomic E-state index is 0.169. The van der Waals surface area contributed by atoms with Crippen molar-refractivity contribution in [2.45, 2.75) is 45.8 Å². The Kier molecular flexibility index (Phi) is 2.86. The van der Waals surface area contributed by atoms with Crippen molar-refractivity contribution in [1.82, 2.24) is 0 Å². The lowest BCUT2D eigenvalue weighted by molar-refractivity contribution is 0.0572. The van der Waals surface area contributed by atoms with E-state index in [1.54, 1.807) is 4.90 Å². The fraction of sp³-hybridized carbons (Fsp3) is 0.500. The molecule has 1 aromatic rings. The molecule has 92 valence electrons. The molecule has 2 rings (SSSR count). The van der Waals surface area contributed by atoms with Gasteiger partial charge in [-0.25, -0.2) is 4.79 Å². The molecule has 1 aliphatic heterocycles. The number of hydrogen-bond acceptors (Lipinski definition) is 2. The van der Waals surface area contributed by atoms with Crippen LogP contribution in [0.3, 0.4) is 0 Å². The smallest absolute Gasteiger partial charge is 0.415 e. The molecule has 0 N–H and O–H groups in total. The van der Waals surface area contributed by atoms with E-state index in [9.17, 15) is 4.79 Å². The molecule has 0 fully saturated rings. The van der Waals surface area contributed by atoms with Crippen LogP contribution in [0.1, 0.15) is 33.3 Å². The molecule has 0 aromatic heterocycles. The number of benzene rings is 1. The van der Waals surface area contributed by atoms with Gasteiger partial charge in [-0.15, -0.1) is 0 Å². The topological polar surface area (TPSA) is 29.5 Å². The monoisotopic (exact) mass is 233 g/mol. The van der Waals surface area contributed by atoms with Gasteiger partial charge in [0.05, 0.1) is 5.69 Å². The van der Waals surface area contributed by atoms with Crippen LogP contribution in [0, 0.1) is 0 Å². The van der Waals surface area contributed by atoms with E-state index in [1.165, 1.54) is 5.56 Å². The number of fused-ring (bicyclic) bond motifs is 1. The predicted octanol–water partition coefficient (Wildman–Crippen LogP) is 3.37. The largest absolute Gasteiger partial charge is 0.443 e. The first-order valence-electron chi connectivity index (χ1n) is 5.98. The molecule has 1 aromatic carbocycles. The molecule has 0 unspecified atom stereocenters. The summed E-state index contributed by atoms with van der Waals surface area (Å²) >= 11 is 0.